The van der Waals surface area contributed by atoms with Crippen LogP contribution in [-0.2, 0) is 13.1 Å². The SMILES string of the molecule is CCn1nc(I)c2cc(C)ccc21.CCn1nc2ccc(C)cc2c1I. The number of hydrogen-bond acceptors (Lipinski definition) is 2. The average Bonchev–Trinajstić information content (AvgIpc) is 3.12. The number of halogens is 2. The minimum atomic E-state index is 0.933. The molecule has 2 heterocycles. The molecular formula is C20H22I2N4. The van der Waals surface area contributed by atoms with Crippen LogP contribution in [0.2, 0.25) is 0 Å². The molecule has 0 aliphatic carbocycles. The lowest BCUT2D eigenvalue weighted by atomic mass is 10.2. The summed E-state index contributed by atoms with van der Waals surface area (Å²) in [4.78, 5) is 0. The third-order valence-electron chi connectivity index (χ3n) is 4.29. The van der Waals surface area contributed by atoms with E-state index in [9.17, 15) is 0 Å². The molecule has 0 N–H and O–H groups in total. The Balaban J connectivity index is 0.000000151. The number of aromatic nitrogens is 4. The minimum Gasteiger partial charge on any atom is -0.264 e. The third-order valence-corrected chi connectivity index (χ3v) is 6.22. The van der Waals surface area contributed by atoms with E-state index in [2.05, 4.69) is 119 Å². The molecule has 0 saturated heterocycles. The van der Waals surface area contributed by atoms with Crippen LogP contribution in [0.3, 0.4) is 0 Å². The third kappa shape index (κ3) is 3.90. The Bertz CT molecular complexity index is 1050. The normalized spacial score (nSPS) is 11.0. The lowest BCUT2D eigenvalue weighted by Crippen LogP contribution is -1.97. The van der Waals surface area contributed by atoms with Crippen molar-refractivity contribution in [3.05, 3.63) is 54.9 Å². The predicted octanol–water partition coefficient (Wildman–Crippen LogP) is 5.94. The van der Waals surface area contributed by atoms with Crippen LogP contribution in [0.25, 0.3) is 21.8 Å². The largest absolute Gasteiger partial charge is 0.264 e. The van der Waals surface area contributed by atoms with E-state index in [4.69, 9.17) is 0 Å². The Morgan fingerprint density at radius 1 is 0.808 bits per heavy atom. The summed E-state index contributed by atoms with van der Waals surface area (Å²) in [5, 5.41) is 11.5. The highest BCUT2D eigenvalue weighted by Crippen LogP contribution is 2.22. The second-order valence-electron chi connectivity index (χ2n) is 6.25. The summed E-state index contributed by atoms with van der Waals surface area (Å²) in [5.41, 5.74) is 4.91. The fourth-order valence-electron chi connectivity index (χ4n) is 2.92. The Hall–Kier alpha value is -1.16. The lowest BCUT2D eigenvalue weighted by Gasteiger charge is -1.97. The van der Waals surface area contributed by atoms with Crippen LogP contribution in [0.5, 0.6) is 0 Å². The number of benzene rings is 2. The van der Waals surface area contributed by atoms with Crippen molar-refractivity contribution >= 4 is 67.0 Å². The first-order valence-electron chi connectivity index (χ1n) is 8.70. The zero-order chi connectivity index (χ0) is 18.8. The van der Waals surface area contributed by atoms with Crippen LogP contribution < -0.4 is 0 Å². The zero-order valence-electron chi connectivity index (χ0n) is 15.4. The molecule has 4 rings (SSSR count). The van der Waals surface area contributed by atoms with Crippen molar-refractivity contribution in [1.82, 2.24) is 19.6 Å². The summed E-state index contributed by atoms with van der Waals surface area (Å²) < 4.78 is 6.40. The summed E-state index contributed by atoms with van der Waals surface area (Å²) in [6, 6.07) is 12.8. The summed E-state index contributed by atoms with van der Waals surface area (Å²) >= 11 is 4.64. The van der Waals surface area contributed by atoms with Gasteiger partial charge in [-0.15, -0.1) is 0 Å². The molecule has 0 bridgehead atoms. The van der Waals surface area contributed by atoms with E-state index in [0.717, 1.165) is 22.3 Å². The van der Waals surface area contributed by atoms with E-state index in [-0.39, 0.29) is 0 Å². The summed E-state index contributed by atoms with van der Waals surface area (Å²) in [6.45, 7) is 10.3. The molecule has 0 aliphatic rings. The van der Waals surface area contributed by atoms with E-state index < -0.39 is 0 Å². The highest BCUT2D eigenvalue weighted by Gasteiger charge is 2.07. The summed E-state index contributed by atoms with van der Waals surface area (Å²) in [5.74, 6) is 0. The van der Waals surface area contributed by atoms with Gasteiger partial charge in [0.25, 0.3) is 0 Å². The van der Waals surface area contributed by atoms with Gasteiger partial charge in [0.1, 0.15) is 7.40 Å². The first kappa shape index (κ1) is 19.6. The number of rotatable bonds is 2. The average molecular weight is 572 g/mol. The first-order valence-corrected chi connectivity index (χ1v) is 10.9. The van der Waals surface area contributed by atoms with Gasteiger partial charge >= 0.3 is 0 Å². The van der Waals surface area contributed by atoms with E-state index in [1.807, 2.05) is 9.36 Å². The molecule has 0 saturated carbocycles. The molecule has 26 heavy (non-hydrogen) atoms. The van der Waals surface area contributed by atoms with Gasteiger partial charge in [-0.3, -0.25) is 9.36 Å². The van der Waals surface area contributed by atoms with Gasteiger partial charge in [0.2, 0.25) is 0 Å². The Kier molecular flexibility index (Phi) is 6.21. The van der Waals surface area contributed by atoms with Crippen LogP contribution in [-0.4, -0.2) is 19.6 Å². The predicted molar refractivity (Wildman–Crippen MR) is 126 cm³/mol. The van der Waals surface area contributed by atoms with E-state index in [0.29, 0.717) is 0 Å². The molecule has 0 unspecified atom stereocenters. The van der Waals surface area contributed by atoms with Crippen molar-refractivity contribution in [2.75, 3.05) is 0 Å². The molecule has 4 nitrogen and oxygen atoms in total. The number of fused-ring (bicyclic) bond motifs is 2. The quantitative estimate of drug-likeness (QED) is 0.279. The zero-order valence-corrected chi connectivity index (χ0v) is 19.7. The van der Waals surface area contributed by atoms with Crippen LogP contribution in [0, 0.1) is 21.2 Å². The Morgan fingerprint density at radius 3 is 2.08 bits per heavy atom. The summed E-state index contributed by atoms with van der Waals surface area (Å²) in [7, 11) is 0. The van der Waals surface area contributed by atoms with Crippen molar-refractivity contribution in [2.45, 2.75) is 40.8 Å². The van der Waals surface area contributed by atoms with Gasteiger partial charge in [-0.2, -0.15) is 10.2 Å². The van der Waals surface area contributed by atoms with Gasteiger partial charge in [0.15, 0.2) is 0 Å². The second-order valence-corrected chi connectivity index (χ2v) is 8.30. The number of nitrogens with zero attached hydrogens (tertiary/aromatic N) is 4. The monoisotopic (exact) mass is 572 g/mol. The molecule has 4 aromatic rings. The second kappa shape index (κ2) is 8.24. The van der Waals surface area contributed by atoms with Crippen LogP contribution >= 0.6 is 45.2 Å². The van der Waals surface area contributed by atoms with Crippen molar-refractivity contribution in [1.29, 1.82) is 0 Å². The van der Waals surface area contributed by atoms with Crippen LogP contribution in [0.1, 0.15) is 25.0 Å². The minimum absolute atomic E-state index is 0.933. The van der Waals surface area contributed by atoms with Crippen LogP contribution in [0.4, 0.5) is 0 Å². The molecule has 0 fully saturated rings. The van der Waals surface area contributed by atoms with E-state index in [1.54, 1.807) is 0 Å². The standard InChI is InChI=1S/2C10H11IN2/c1-3-13-9-5-4-7(2)6-8(9)10(11)12-13;1-3-13-10(11)8-6-7(2)4-5-9(8)12-13/h2*4-6H,3H2,1-2H3. The maximum absolute atomic E-state index is 4.48. The maximum atomic E-state index is 4.48. The van der Waals surface area contributed by atoms with E-state index in [1.165, 1.54) is 31.1 Å². The molecule has 2 aromatic heterocycles. The highest BCUT2D eigenvalue weighted by molar-refractivity contribution is 14.1. The lowest BCUT2D eigenvalue weighted by molar-refractivity contribution is 0.652. The summed E-state index contributed by atoms with van der Waals surface area (Å²) in [6.07, 6.45) is 0. The maximum Gasteiger partial charge on any atom is 0.131 e. The van der Waals surface area contributed by atoms with Gasteiger partial charge in [-0.05, 0) is 97.1 Å². The van der Waals surface area contributed by atoms with Gasteiger partial charge in [-0.25, -0.2) is 0 Å². The fourth-order valence-corrected chi connectivity index (χ4v) is 4.49. The first-order chi connectivity index (χ1) is 12.4. The molecule has 0 aliphatic heterocycles. The van der Waals surface area contributed by atoms with Crippen molar-refractivity contribution < 1.29 is 0 Å². The van der Waals surface area contributed by atoms with Gasteiger partial charge in [-0.1, -0.05) is 23.3 Å². The topological polar surface area (TPSA) is 35.6 Å². The molecule has 136 valence electrons. The Morgan fingerprint density at radius 2 is 1.42 bits per heavy atom. The molecule has 2 aromatic carbocycles. The molecule has 0 spiro atoms. The van der Waals surface area contributed by atoms with Gasteiger partial charge < -0.3 is 0 Å². The molecular weight excluding hydrogens is 550 g/mol. The van der Waals surface area contributed by atoms with Gasteiger partial charge in [0, 0.05) is 23.9 Å². The fraction of sp³-hybridized carbons (Fsp3) is 0.300. The number of aryl methyl sites for hydroxylation is 4. The molecule has 0 atom stereocenters. The number of hydrogen-bond donors (Lipinski definition) is 0. The highest BCUT2D eigenvalue weighted by atomic mass is 127. The van der Waals surface area contributed by atoms with Crippen molar-refractivity contribution in [2.24, 2.45) is 0 Å². The molecule has 0 amide bonds. The van der Waals surface area contributed by atoms with Crippen molar-refractivity contribution in [3.63, 3.8) is 0 Å². The van der Waals surface area contributed by atoms with Crippen LogP contribution in [0.15, 0.2) is 36.4 Å². The smallest absolute Gasteiger partial charge is 0.131 e. The van der Waals surface area contributed by atoms with E-state index >= 15 is 0 Å². The van der Waals surface area contributed by atoms with Crippen molar-refractivity contribution in [3.8, 4) is 0 Å². The Labute approximate surface area is 181 Å². The molecule has 0 radical (unpaired) electrons. The molecule has 6 heteroatoms. The van der Waals surface area contributed by atoms with Gasteiger partial charge in [0.05, 0.1) is 11.0 Å².